The molecule has 0 amide bonds. The summed E-state index contributed by atoms with van der Waals surface area (Å²) in [6.45, 7) is 1.80. The van der Waals surface area contributed by atoms with Crippen molar-refractivity contribution < 1.29 is 18.0 Å². The number of hydrogen-bond donors (Lipinski definition) is 1. The van der Waals surface area contributed by atoms with Gasteiger partial charge in [-0.25, -0.2) is 8.42 Å². The first-order valence-electron chi connectivity index (χ1n) is 7.55. The Hall–Kier alpha value is -2.02. The molecule has 0 saturated carbocycles. The number of hydrogen-bond acceptors (Lipinski definition) is 5. The molecule has 2 atom stereocenters. The summed E-state index contributed by atoms with van der Waals surface area (Å²) in [6, 6.07) is 13.6. The SMILES string of the molecule is Cc1ccc(S(=O)(=O)C(Cl)C(=O)C(=O)[C@@H](N)Cc2ccccc2)cc1. The fourth-order valence-corrected chi connectivity index (χ4v) is 3.81. The molecule has 0 aliphatic carbocycles. The lowest BCUT2D eigenvalue weighted by atomic mass is 10.0. The number of aryl methyl sites for hydroxylation is 1. The maximum atomic E-state index is 12.4. The monoisotopic (exact) mass is 379 g/mol. The zero-order valence-electron chi connectivity index (χ0n) is 13.6. The van der Waals surface area contributed by atoms with Crippen LogP contribution in [-0.2, 0) is 25.8 Å². The molecular weight excluding hydrogens is 362 g/mol. The highest BCUT2D eigenvalue weighted by molar-refractivity contribution is 7.94. The number of carbonyl (C=O) groups excluding carboxylic acids is 2. The molecule has 2 aromatic rings. The summed E-state index contributed by atoms with van der Waals surface area (Å²) in [4.78, 5) is 24.3. The topological polar surface area (TPSA) is 94.3 Å². The number of Topliss-reactive ketones (excluding diaryl/α,β-unsaturated/α-hetero) is 2. The Morgan fingerprint density at radius 2 is 1.56 bits per heavy atom. The van der Waals surface area contributed by atoms with Crippen LogP contribution in [0.15, 0.2) is 59.5 Å². The van der Waals surface area contributed by atoms with Crippen LogP contribution in [0.3, 0.4) is 0 Å². The zero-order chi connectivity index (χ0) is 18.6. The van der Waals surface area contributed by atoms with Gasteiger partial charge in [-0.2, -0.15) is 0 Å². The van der Waals surface area contributed by atoms with Crippen molar-refractivity contribution in [2.45, 2.75) is 29.0 Å². The molecule has 2 N–H and O–H groups in total. The second-order valence-corrected chi connectivity index (χ2v) is 8.43. The number of halogens is 1. The molecule has 2 rings (SSSR count). The predicted octanol–water partition coefficient (Wildman–Crippen LogP) is 2.04. The van der Waals surface area contributed by atoms with Gasteiger partial charge in [-0.05, 0) is 31.0 Å². The van der Waals surface area contributed by atoms with E-state index >= 15 is 0 Å². The minimum Gasteiger partial charge on any atom is -0.321 e. The van der Waals surface area contributed by atoms with E-state index in [-0.39, 0.29) is 11.3 Å². The van der Waals surface area contributed by atoms with Crippen molar-refractivity contribution in [1.29, 1.82) is 0 Å². The number of nitrogens with two attached hydrogens (primary N) is 1. The molecule has 0 spiro atoms. The second kappa shape index (κ2) is 7.91. The highest BCUT2D eigenvalue weighted by atomic mass is 35.5. The van der Waals surface area contributed by atoms with Gasteiger partial charge < -0.3 is 5.73 Å². The van der Waals surface area contributed by atoms with E-state index in [1.807, 2.05) is 6.07 Å². The van der Waals surface area contributed by atoms with Crippen LogP contribution in [0.1, 0.15) is 11.1 Å². The van der Waals surface area contributed by atoms with E-state index in [0.29, 0.717) is 0 Å². The Morgan fingerprint density at radius 3 is 2.12 bits per heavy atom. The minimum atomic E-state index is -4.17. The van der Waals surface area contributed by atoms with Crippen molar-refractivity contribution in [3.63, 3.8) is 0 Å². The van der Waals surface area contributed by atoms with Crippen molar-refractivity contribution in [3.05, 3.63) is 65.7 Å². The molecule has 5 nitrogen and oxygen atoms in total. The fourth-order valence-electron chi connectivity index (χ4n) is 2.24. The molecule has 0 aliphatic heterocycles. The standard InChI is InChI=1S/C18H18ClNO4S/c1-12-7-9-14(10-8-12)25(23,24)18(19)17(22)16(21)15(20)11-13-5-3-2-4-6-13/h2-10,15,18H,11,20H2,1H3/t15-,18?/m0/s1. The molecule has 0 radical (unpaired) electrons. The first-order valence-corrected chi connectivity index (χ1v) is 9.54. The molecule has 0 fully saturated rings. The van der Waals surface area contributed by atoms with E-state index in [1.165, 1.54) is 12.1 Å². The van der Waals surface area contributed by atoms with E-state index in [9.17, 15) is 18.0 Å². The van der Waals surface area contributed by atoms with Crippen molar-refractivity contribution >= 4 is 33.0 Å². The van der Waals surface area contributed by atoms with Gasteiger partial charge in [0.25, 0.3) is 0 Å². The van der Waals surface area contributed by atoms with E-state index in [1.54, 1.807) is 43.3 Å². The van der Waals surface area contributed by atoms with Crippen LogP contribution in [0, 0.1) is 6.92 Å². The number of benzene rings is 2. The largest absolute Gasteiger partial charge is 0.321 e. The molecule has 0 saturated heterocycles. The number of alkyl halides is 1. The van der Waals surface area contributed by atoms with Crippen LogP contribution >= 0.6 is 11.6 Å². The molecular formula is C18H18ClNO4S. The van der Waals surface area contributed by atoms with E-state index < -0.39 is 32.2 Å². The summed E-state index contributed by atoms with van der Waals surface area (Å²) in [7, 11) is -4.17. The smallest absolute Gasteiger partial charge is 0.233 e. The molecule has 0 heterocycles. The third kappa shape index (κ3) is 4.54. The Balaban J connectivity index is 2.15. The number of carbonyl (C=O) groups is 2. The quantitative estimate of drug-likeness (QED) is 0.586. The van der Waals surface area contributed by atoms with Crippen LogP contribution < -0.4 is 5.73 Å². The summed E-state index contributed by atoms with van der Waals surface area (Å²) >= 11 is 5.83. The third-order valence-electron chi connectivity index (χ3n) is 3.71. The minimum absolute atomic E-state index is 0.115. The lowest BCUT2D eigenvalue weighted by Crippen LogP contribution is -2.43. The Labute approximate surface area is 151 Å². The van der Waals surface area contributed by atoms with Gasteiger partial charge in [0.2, 0.25) is 26.1 Å². The summed E-state index contributed by atoms with van der Waals surface area (Å²) in [6.07, 6.45) is 0.125. The number of sulfone groups is 1. The first-order chi connectivity index (χ1) is 11.7. The Kier molecular flexibility index (Phi) is 6.11. The van der Waals surface area contributed by atoms with Crippen LogP contribution in [0.25, 0.3) is 0 Å². The Morgan fingerprint density at radius 1 is 1.00 bits per heavy atom. The Bertz CT molecular complexity index is 864. The van der Waals surface area contributed by atoms with Crippen LogP contribution in [0.2, 0.25) is 0 Å². The molecule has 1 unspecified atom stereocenters. The number of rotatable bonds is 7. The number of ketones is 2. The highest BCUT2D eigenvalue weighted by Crippen LogP contribution is 2.21. The van der Waals surface area contributed by atoms with Crippen LogP contribution in [0.4, 0.5) is 0 Å². The maximum Gasteiger partial charge on any atom is 0.233 e. The molecule has 0 aromatic heterocycles. The summed E-state index contributed by atoms with van der Waals surface area (Å²) in [5.74, 6) is -2.22. The van der Waals surface area contributed by atoms with Gasteiger partial charge in [-0.15, -0.1) is 0 Å². The highest BCUT2D eigenvalue weighted by Gasteiger charge is 2.37. The van der Waals surface area contributed by atoms with Gasteiger partial charge in [0, 0.05) is 0 Å². The third-order valence-corrected chi connectivity index (χ3v) is 6.30. The molecule has 0 aliphatic rings. The zero-order valence-corrected chi connectivity index (χ0v) is 15.1. The first kappa shape index (κ1) is 19.3. The normalized spacial score (nSPS) is 13.9. The predicted molar refractivity (Wildman–Crippen MR) is 96.1 cm³/mol. The average molecular weight is 380 g/mol. The van der Waals surface area contributed by atoms with Gasteiger partial charge in [0.15, 0.2) is 0 Å². The lowest BCUT2D eigenvalue weighted by molar-refractivity contribution is -0.136. The maximum absolute atomic E-state index is 12.4. The van der Waals surface area contributed by atoms with Gasteiger partial charge >= 0.3 is 0 Å². The fraction of sp³-hybridized carbons (Fsp3) is 0.222. The molecule has 7 heteroatoms. The summed E-state index contributed by atoms with van der Waals surface area (Å²) in [5.41, 5.74) is 7.39. The van der Waals surface area contributed by atoms with Crippen molar-refractivity contribution in [1.82, 2.24) is 0 Å². The second-order valence-electron chi connectivity index (χ2n) is 5.70. The van der Waals surface area contributed by atoms with Crippen molar-refractivity contribution in [2.75, 3.05) is 0 Å². The molecule has 132 valence electrons. The van der Waals surface area contributed by atoms with Gasteiger partial charge in [-0.1, -0.05) is 59.6 Å². The van der Waals surface area contributed by atoms with Crippen LogP contribution in [0.5, 0.6) is 0 Å². The van der Waals surface area contributed by atoms with Gasteiger partial charge in [0.1, 0.15) is 0 Å². The molecule has 0 bridgehead atoms. The van der Waals surface area contributed by atoms with Gasteiger partial charge in [-0.3, -0.25) is 9.59 Å². The molecule has 2 aromatic carbocycles. The van der Waals surface area contributed by atoms with Gasteiger partial charge in [0.05, 0.1) is 10.9 Å². The van der Waals surface area contributed by atoms with E-state index in [2.05, 4.69) is 0 Å². The lowest BCUT2D eigenvalue weighted by Gasteiger charge is -2.13. The van der Waals surface area contributed by atoms with E-state index in [4.69, 9.17) is 17.3 Å². The summed E-state index contributed by atoms with van der Waals surface area (Å²) < 4.78 is 22.9. The summed E-state index contributed by atoms with van der Waals surface area (Å²) in [5, 5.41) is 0. The molecule has 25 heavy (non-hydrogen) atoms. The average Bonchev–Trinajstić information content (AvgIpc) is 2.61. The van der Waals surface area contributed by atoms with Crippen molar-refractivity contribution in [3.8, 4) is 0 Å². The van der Waals surface area contributed by atoms with Crippen LogP contribution in [-0.4, -0.2) is 30.7 Å². The van der Waals surface area contributed by atoms with E-state index in [0.717, 1.165) is 11.1 Å². The van der Waals surface area contributed by atoms with Crippen molar-refractivity contribution in [2.24, 2.45) is 5.73 Å².